The molecule has 0 aromatic heterocycles. The summed E-state index contributed by atoms with van der Waals surface area (Å²) in [5.74, 6) is 1.06. The number of aryl methyl sites for hydroxylation is 1. The first-order valence-corrected chi connectivity index (χ1v) is 10.9. The number of amides is 2. The number of likely N-dealkylation sites (tertiary alicyclic amines) is 1. The van der Waals surface area contributed by atoms with Gasteiger partial charge in [0.25, 0.3) is 10.0 Å². The molecule has 8 heteroatoms. The lowest BCUT2D eigenvalue weighted by Gasteiger charge is -2.27. The van der Waals surface area contributed by atoms with Gasteiger partial charge in [-0.3, -0.25) is 0 Å². The van der Waals surface area contributed by atoms with Crippen molar-refractivity contribution in [1.82, 2.24) is 9.21 Å². The van der Waals surface area contributed by atoms with Gasteiger partial charge < -0.3 is 14.4 Å². The summed E-state index contributed by atoms with van der Waals surface area (Å²) >= 11 is 0. The van der Waals surface area contributed by atoms with Gasteiger partial charge in [-0.1, -0.05) is 17.7 Å². The zero-order chi connectivity index (χ0) is 21.0. The Morgan fingerprint density at radius 2 is 1.55 bits per heavy atom. The zero-order valence-electron chi connectivity index (χ0n) is 16.9. The van der Waals surface area contributed by atoms with Crippen molar-refractivity contribution in [3.63, 3.8) is 0 Å². The van der Waals surface area contributed by atoms with Crippen molar-refractivity contribution in [3.05, 3.63) is 53.6 Å². The molecule has 1 saturated heterocycles. The summed E-state index contributed by atoms with van der Waals surface area (Å²) in [5.41, 5.74) is 1.54. The predicted octanol–water partition coefficient (Wildman–Crippen LogP) is 3.42. The monoisotopic (exact) mass is 418 g/mol. The van der Waals surface area contributed by atoms with E-state index in [1.54, 1.807) is 35.2 Å². The van der Waals surface area contributed by atoms with Crippen LogP contribution in [0.3, 0.4) is 0 Å². The van der Waals surface area contributed by atoms with E-state index >= 15 is 0 Å². The lowest BCUT2D eigenvalue weighted by Crippen LogP contribution is -2.44. The van der Waals surface area contributed by atoms with Gasteiger partial charge in [-0.2, -0.15) is 0 Å². The third-order valence-electron chi connectivity index (χ3n) is 4.94. The molecular weight excluding hydrogens is 392 g/mol. The first-order valence-electron chi connectivity index (χ1n) is 9.45. The first kappa shape index (κ1) is 21.0. The number of methoxy groups -OCH3 is 2. The predicted molar refractivity (Wildman–Crippen MR) is 110 cm³/mol. The number of carbonyl (C=O) groups excluding carboxylic acids is 1. The van der Waals surface area contributed by atoms with Crippen LogP contribution in [0.25, 0.3) is 0 Å². The van der Waals surface area contributed by atoms with Crippen LogP contribution >= 0.6 is 0 Å². The molecule has 7 nitrogen and oxygen atoms in total. The van der Waals surface area contributed by atoms with Gasteiger partial charge in [-0.25, -0.2) is 17.5 Å². The highest BCUT2D eigenvalue weighted by molar-refractivity contribution is 7.89. The van der Waals surface area contributed by atoms with E-state index in [1.165, 1.54) is 26.4 Å². The molecule has 1 fully saturated rings. The van der Waals surface area contributed by atoms with Crippen LogP contribution in [0.4, 0.5) is 4.79 Å². The van der Waals surface area contributed by atoms with Crippen LogP contribution in [-0.2, 0) is 16.6 Å². The normalized spacial score (nSPS) is 14.0. The summed E-state index contributed by atoms with van der Waals surface area (Å²) in [5, 5.41) is 0. The molecule has 0 aliphatic carbocycles. The number of sulfonamides is 1. The molecular formula is C21H26N2O5S. The van der Waals surface area contributed by atoms with E-state index in [1.807, 2.05) is 6.92 Å². The van der Waals surface area contributed by atoms with Crippen LogP contribution in [0.5, 0.6) is 11.5 Å². The highest BCUT2D eigenvalue weighted by Crippen LogP contribution is 2.27. The maximum Gasteiger partial charge on any atom is 0.334 e. The first-order chi connectivity index (χ1) is 13.8. The number of rotatable bonds is 6. The van der Waals surface area contributed by atoms with Gasteiger partial charge >= 0.3 is 6.03 Å². The minimum absolute atomic E-state index is 0.0884. The van der Waals surface area contributed by atoms with Crippen LogP contribution < -0.4 is 9.47 Å². The van der Waals surface area contributed by atoms with Gasteiger partial charge in [0.15, 0.2) is 0 Å². The third kappa shape index (κ3) is 4.64. The number of carbonyl (C=O) groups is 1. The summed E-state index contributed by atoms with van der Waals surface area (Å²) in [4.78, 5) is 14.8. The molecule has 1 aliphatic rings. The largest absolute Gasteiger partial charge is 0.497 e. The van der Waals surface area contributed by atoms with Crippen molar-refractivity contribution in [2.75, 3.05) is 27.3 Å². The van der Waals surface area contributed by atoms with E-state index in [0.29, 0.717) is 30.2 Å². The number of benzene rings is 2. The number of hydrogen-bond donors (Lipinski definition) is 0. The van der Waals surface area contributed by atoms with Crippen LogP contribution in [0.1, 0.15) is 24.0 Å². The van der Waals surface area contributed by atoms with Crippen molar-refractivity contribution in [2.45, 2.75) is 31.2 Å². The molecule has 3 rings (SSSR count). The fraction of sp³-hybridized carbons (Fsp3) is 0.381. The molecule has 0 atom stereocenters. The van der Waals surface area contributed by atoms with E-state index in [4.69, 9.17) is 9.47 Å². The van der Waals surface area contributed by atoms with E-state index in [0.717, 1.165) is 22.7 Å². The Kier molecular flexibility index (Phi) is 6.32. The Morgan fingerprint density at radius 3 is 2.07 bits per heavy atom. The van der Waals surface area contributed by atoms with Gasteiger partial charge in [-0.05, 0) is 49.6 Å². The molecule has 1 aliphatic heterocycles. The molecule has 1 heterocycles. The average Bonchev–Trinajstić information content (AvgIpc) is 3.26. The molecule has 0 unspecified atom stereocenters. The van der Waals surface area contributed by atoms with Gasteiger partial charge in [0.05, 0.1) is 25.7 Å². The van der Waals surface area contributed by atoms with Gasteiger partial charge in [-0.15, -0.1) is 0 Å². The molecule has 0 bridgehead atoms. The van der Waals surface area contributed by atoms with Crippen molar-refractivity contribution in [1.29, 1.82) is 0 Å². The maximum atomic E-state index is 13.4. The Labute approximate surface area is 171 Å². The van der Waals surface area contributed by atoms with Crippen molar-refractivity contribution < 1.29 is 22.7 Å². The number of hydrogen-bond acceptors (Lipinski definition) is 5. The average molecular weight is 419 g/mol. The summed E-state index contributed by atoms with van der Waals surface area (Å²) in [7, 11) is -0.986. The quantitative estimate of drug-likeness (QED) is 0.719. The third-order valence-corrected chi connectivity index (χ3v) is 6.67. The molecule has 156 valence electrons. The summed E-state index contributed by atoms with van der Waals surface area (Å²) in [6.07, 6.45) is 1.74. The maximum absolute atomic E-state index is 13.4. The summed E-state index contributed by atoms with van der Waals surface area (Å²) in [6, 6.07) is 11.1. The molecule has 0 saturated carbocycles. The molecule has 2 amide bonds. The minimum Gasteiger partial charge on any atom is -0.497 e. The van der Waals surface area contributed by atoms with Gasteiger partial charge in [0.2, 0.25) is 0 Å². The lowest BCUT2D eigenvalue weighted by atomic mass is 10.2. The number of ether oxygens (including phenoxy) is 2. The van der Waals surface area contributed by atoms with E-state index < -0.39 is 16.1 Å². The Bertz CT molecular complexity index is 945. The van der Waals surface area contributed by atoms with Crippen LogP contribution in [-0.4, -0.2) is 51.0 Å². The van der Waals surface area contributed by atoms with E-state index in [-0.39, 0.29) is 11.4 Å². The second-order valence-electron chi connectivity index (χ2n) is 7.02. The Hall–Kier alpha value is -2.74. The SMILES string of the molecule is COc1cc(CN(C(=O)N2CCCC2)S(=O)(=O)c2ccc(C)cc2)cc(OC)c1. The molecule has 0 spiro atoms. The van der Waals surface area contributed by atoms with Crippen LogP contribution in [0, 0.1) is 6.92 Å². The Morgan fingerprint density at radius 1 is 1.00 bits per heavy atom. The van der Waals surface area contributed by atoms with E-state index in [9.17, 15) is 13.2 Å². The smallest absolute Gasteiger partial charge is 0.334 e. The van der Waals surface area contributed by atoms with Crippen LogP contribution in [0.15, 0.2) is 47.4 Å². The van der Waals surface area contributed by atoms with Crippen LogP contribution in [0.2, 0.25) is 0 Å². The highest BCUT2D eigenvalue weighted by atomic mass is 32.2. The zero-order valence-corrected chi connectivity index (χ0v) is 17.7. The fourth-order valence-corrected chi connectivity index (χ4v) is 4.66. The van der Waals surface area contributed by atoms with Gasteiger partial charge in [0.1, 0.15) is 11.5 Å². The number of nitrogens with zero attached hydrogens (tertiary/aromatic N) is 2. The molecule has 2 aromatic rings. The molecule has 29 heavy (non-hydrogen) atoms. The fourth-order valence-electron chi connectivity index (χ4n) is 3.28. The second kappa shape index (κ2) is 8.73. The van der Waals surface area contributed by atoms with Crippen molar-refractivity contribution in [2.24, 2.45) is 0 Å². The topological polar surface area (TPSA) is 76.2 Å². The Balaban J connectivity index is 2.01. The molecule has 0 N–H and O–H groups in total. The standard InChI is InChI=1S/C21H26N2O5S/c1-16-6-8-20(9-7-16)29(25,26)23(21(24)22-10-4-5-11-22)15-17-12-18(27-2)14-19(13-17)28-3/h6-9,12-14H,4-5,10-11,15H2,1-3H3. The second-order valence-corrected chi connectivity index (χ2v) is 8.88. The highest BCUT2D eigenvalue weighted by Gasteiger charge is 2.34. The molecule has 2 aromatic carbocycles. The molecule has 0 radical (unpaired) electrons. The van der Waals surface area contributed by atoms with Crippen molar-refractivity contribution in [3.8, 4) is 11.5 Å². The van der Waals surface area contributed by atoms with Crippen molar-refractivity contribution >= 4 is 16.1 Å². The number of urea groups is 1. The summed E-state index contributed by atoms with van der Waals surface area (Å²) in [6.45, 7) is 2.88. The summed E-state index contributed by atoms with van der Waals surface area (Å²) < 4.78 is 38.2. The minimum atomic E-state index is -4.03. The van der Waals surface area contributed by atoms with Gasteiger partial charge in [0, 0.05) is 19.2 Å². The lowest BCUT2D eigenvalue weighted by molar-refractivity contribution is 0.187. The van der Waals surface area contributed by atoms with E-state index in [2.05, 4.69) is 0 Å².